The van der Waals surface area contributed by atoms with Crippen LogP contribution < -0.4 is 0 Å². The van der Waals surface area contributed by atoms with Crippen molar-refractivity contribution in [3.05, 3.63) is 17.0 Å². The Bertz CT molecular complexity index is 828. The molecule has 3 rings (SSSR count). The van der Waals surface area contributed by atoms with Crippen molar-refractivity contribution in [1.29, 1.82) is 0 Å². The lowest BCUT2D eigenvalue weighted by Gasteiger charge is -2.33. The third-order valence-electron chi connectivity index (χ3n) is 6.35. The molecular formula is C20H33N3O3S. The van der Waals surface area contributed by atoms with Gasteiger partial charge in [-0.1, -0.05) is 6.92 Å². The smallest absolute Gasteiger partial charge is 0.271 e. The number of hydrogen-bond donors (Lipinski definition) is 0. The monoisotopic (exact) mass is 395 g/mol. The van der Waals surface area contributed by atoms with Crippen LogP contribution in [-0.4, -0.2) is 53.8 Å². The topological polar surface area (TPSA) is 62.6 Å². The molecule has 2 saturated heterocycles. The van der Waals surface area contributed by atoms with Crippen molar-refractivity contribution in [3.63, 3.8) is 0 Å². The molecule has 1 aromatic heterocycles. The van der Waals surface area contributed by atoms with Gasteiger partial charge in [0.05, 0.1) is 0 Å². The van der Waals surface area contributed by atoms with E-state index in [-0.39, 0.29) is 11.9 Å². The highest BCUT2D eigenvalue weighted by atomic mass is 32.2. The molecule has 27 heavy (non-hydrogen) atoms. The molecule has 2 fully saturated rings. The summed E-state index contributed by atoms with van der Waals surface area (Å²) in [6.07, 6.45) is 5.11. The molecule has 152 valence electrons. The van der Waals surface area contributed by atoms with E-state index in [9.17, 15) is 13.2 Å². The highest BCUT2D eigenvalue weighted by Gasteiger charge is 2.36. The molecule has 2 atom stereocenters. The van der Waals surface area contributed by atoms with Crippen LogP contribution in [0.25, 0.3) is 0 Å². The fourth-order valence-electron chi connectivity index (χ4n) is 4.66. The molecule has 0 aliphatic carbocycles. The molecule has 0 N–H and O–H groups in total. The van der Waals surface area contributed by atoms with E-state index in [4.69, 9.17) is 0 Å². The summed E-state index contributed by atoms with van der Waals surface area (Å²) in [6.45, 7) is 9.64. The minimum absolute atomic E-state index is 0.0428. The van der Waals surface area contributed by atoms with Crippen molar-refractivity contribution in [2.24, 2.45) is 13.0 Å². The van der Waals surface area contributed by atoms with E-state index in [0.29, 0.717) is 40.9 Å². The molecule has 3 heterocycles. The van der Waals surface area contributed by atoms with Gasteiger partial charge in [-0.2, -0.15) is 4.31 Å². The summed E-state index contributed by atoms with van der Waals surface area (Å²) >= 11 is 0. The van der Waals surface area contributed by atoms with Crippen LogP contribution in [-0.2, 0) is 17.1 Å². The van der Waals surface area contributed by atoms with E-state index in [0.717, 1.165) is 38.6 Å². The molecular weight excluding hydrogens is 362 g/mol. The van der Waals surface area contributed by atoms with Crippen LogP contribution in [0.3, 0.4) is 0 Å². The lowest BCUT2D eigenvalue weighted by atomic mass is 10.0. The number of likely N-dealkylation sites (tertiary alicyclic amines) is 1. The van der Waals surface area contributed by atoms with Crippen molar-refractivity contribution in [2.45, 2.75) is 70.7 Å². The Balaban J connectivity index is 2.01. The molecule has 2 aliphatic rings. The van der Waals surface area contributed by atoms with Crippen molar-refractivity contribution < 1.29 is 13.2 Å². The Morgan fingerprint density at radius 1 is 1.04 bits per heavy atom. The van der Waals surface area contributed by atoms with Crippen molar-refractivity contribution in [3.8, 4) is 0 Å². The van der Waals surface area contributed by atoms with Gasteiger partial charge in [-0.15, -0.1) is 0 Å². The molecule has 0 aromatic carbocycles. The Hall–Kier alpha value is -1.34. The standard InChI is InChI=1S/C20H33N3O3S/c1-14-9-8-11-22(13-14)27(25,26)19-16(3)18(21(5)17(19)4)20(24)23-12-7-6-10-15(23)2/h14-15H,6-13H2,1-5H3/t14-,15+/m0/s1. The lowest BCUT2D eigenvalue weighted by molar-refractivity contribution is 0.0624. The molecule has 0 radical (unpaired) electrons. The zero-order valence-corrected chi connectivity index (χ0v) is 18.1. The Morgan fingerprint density at radius 2 is 1.74 bits per heavy atom. The Labute approximate surface area is 163 Å². The number of sulfonamides is 1. The summed E-state index contributed by atoms with van der Waals surface area (Å²) in [4.78, 5) is 15.5. The van der Waals surface area contributed by atoms with Crippen molar-refractivity contribution in [2.75, 3.05) is 19.6 Å². The van der Waals surface area contributed by atoms with Gasteiger partial charge in [0, 0.05) is 44.0 Å². The van der Waals surface area contributed by atoms with Crippen LogP contribution in [0.2, 0.25) is 0 Å². The van der Waals surface area contributed by atoms with Crippen LogP contribution in [0.15, 0.2) is 4.90 Å². The van der Waals surface area contributed by atoms with E-state index in [1.807, 2.05) is 18.9 Å². The van der Waals surface area contributed by atoms with Crippen LogP contribution in [0.4, 0.5) is 0 Å². The predicted octanol–water partition coefficient (Wildman–Crippen LogP) is 3.08. The number of carbonyl (C=O) groups is 1. The summed E-state index contributed by atoms with van der Waals surface area (Å²) in [5, 5.41) is 0. The Morgan fingerprint density at radius 3 is 2.37 bits per heavy atom. The van der Waals surface area contributed by atoms with Crippen molar-refractivity contribution in [1.82, 2.24) is 13.8 Å². The second kappa shape index (κ2) is 7.59. The van der Waals surface area contributed by atoms with Gasteiger partial charge in [-0.25, -0.2) is 8.42 Å². The Kier molecular flexibility index (Phi) is 5.73. The van der Waals surface area contributed by atoms with Gasteiger partial charge in [0.15, 0.2) is 0 Å². The predicted molar refractivity (Wildman–Crippen MR) is 106 cm³/mol. The first-order valence-corrected chi connectivity index (χ1v) is 11.6. The van der Waals surface area contributed by atoms with E-state index in [1.54, 1.807) is 15.8 Å². The number of carbonyl (C=O) groups excluding carboxylic acids is 1. The quantitative estimate of drug-likeness (QED) is 0.790. The minimum Gasteiger partial charge on any atom is -0.342 e. The molecule has 6 nitrogen and oxygen atoms in total. The van der Waals surface area contributed by atoms with Crippen molar-refractivity contribution >= 4 is 15.9 Å². The fourth-order valence-corrected chi connectivity index (χ4v) is 6.74. The van der Waals surface area contributed by atoms with E-state index < -0.39 is 10.0 Å². The van der Waals surface area contributed by atoms with Crippen LogP contribution in [0.5, 0.6) is 0 Å². The number of amides is 1. The van der Waals surface area contributed by atoms with Gasteiger partial charge < -0.3 is 9.47 Å². The summed E-state index contributed by atoms with van der Waals surface area (Å²) in [5.41, 5.74) is 1.76. The number of rotatable bonds is 3. The molecule has 2 aliphatic heterocycles. The molecule has 0 unspecified atom stereocenters. The molecule has 0 spiro atoms. The summed E-state index contributed by atoms with van der Waals surface area (Å²) in [6, 6.07) is 0.198. The average Bonchev–Trinajstić information content (AvgIpc) is 2.84. The summed E-state index contributed by atoms with van der Waals surface area (Å²) in [5.74, 6) is 0.326. The van der Waals surface area contributed by atoms with E-state index >= 15 is 0 Å². The van der Waals surface area contributed by atoms with Gasteiger partial charge >= 0.3 is 0 Å². The van der Waals surface area contributed by atoms with E-state index in [1.165, 1.54) is 0 Å². The molecule has 1 amide bonds. The van der Waals surface area contributed by atoms with Gasteiger partial charge in [-0.05, 0) is 58.8 Å². The summed E-state index contributed by atoms with van der Waals surface area (Å²) in [7, 11) is -1.79. The lowest BCUT2D eigenvalue weighted by Crippen LogP contribution is -2.43. The zero-order valence-electron chi connectivity index (χ0n) is 17.3. The molecule has 1 aromatic rings. The van der Waals surface area contributed by atoms with Gasteiger partial charge in [0.2, 0.25) is 10.0 Å². The number of piperidine rings is 2. The first kappa shape index (κ1) is 20.4. The van der Waals surface area contributed by atoms with Gasteiger partial charge in [-0.3, -0.25) is 4.79 Å². The maximum atomic E-state index is 13.4. The highest BCUT2D eigenvalue weighted by Crippen LogP contribution is 2.32. The van der Waals surface area contributed by atoms with Crippen LogP contribution in [0, 0.1) is 19.8 Å². The SMILES string of the molecule is Cc1c(S(=O)(=O)N2CCC[C@H](C)C2)c(C)n(C)c1C(=O)N1CCCC[C@H]1C. The highest BCUT2D eigenvalue weighted by molar-refractivity contribution is 7.89. The number of nitrogens with zero attached hydrogens (tertiary/aromatic N) is 3. The number of hydrogen-bond acceptors (Lipinski definition) is 3. The van der Waals surface area contributed by atoms with Crippen LogP contribution in [0.1, 0.15) is 67.7 Å². The normalized spacial score (nSPS) is 25.0. The second-order valence-electron chi connectivity index (χ2n) is 8.40. The van der Waals surface area contributed by atoms with E-state index in [2.05, 4.69) is 13.8 Å². The molecule has 7 heteroatoms. The molecule has 0 saturated carbocycles. The minimum atomic E-state index is -3.59. The molecule has 0 bridgehead atoms. The largest absolute Gasteiger partial charge is 0.342 e. The second-order valence-corrected chi connectivity index (χ2v) is 10.3. The zero-order chi connectivity index (χ0) is 19.9. The first-order valence-electron chi connectivity index (χ1n) is 10.1. The van der Waals surface area contributed by atoms with Crippen LogP contribution >= 0.6 is 0 Å². The average molecular weight is 396 g/mol. The van der Waals surface area contributed by atoms with Gasteiger partial charge in [0.1, 0.15) is 10.6 Å². The third-order valence-corrected chi connectivity index (χ3v) is 8.48. The van der Waals surface area contributed by atoms with Gasteiger partial charge in [0.25, 0.3) is 5.91 Å². The maximum Gasteiger partial charge on any atom is 0.271 e. The number of aromatic nitrogens is 1. The maximum absolute atomic E-state index is 13.4. The third kappa shape index (κ3) is 3.56. The fraction of sp³-hybridized carbons (Fsp3) is 0.750. The summed E-state index contributed by atoms with van der Waals surface area (Å²) < 4.78 is 30.2. The first-order chi connectivity index (χ1) is 12.7.